The van der Waals surface area contributed by atoms with E-state index in [1.807, 2.05) is 12.1 Å². The first kappa shape index (κ1) is 22.1. The number of hydrogen-bond donors (Lipinski definition) is 1. The predicted molar refractivity (Wildman–Crippen MR) is 119 cm³/mol. The fraction of sp³-hybridized carbons (Fsp3) is 0.160. The molecule has 33 heavy (non-hydrogen) atoms. The molecular weight excluding hydrogens is 429 g/mol. The number of hydrogen-bond acceptors (Lipinski definition) is 4. The number of alkyl halides is 3. The van der Waals surface area contributed by atoms with E-state index in [0.717, 1.165) is 28.8 Å². The molecule has 0 radical (unpaired) electrons. The number of rotatable bonds is 3. The van der Waals surface area contributed by atoms with Gasteiger partial charge in [-0.05, 0) is 47.9 Å². The fourth-order valence-electron chi connectivity index (χ4n) is 3.82. The monoisotopic (exact) mass is 448 g/mol. The van der Waals surface area contributed by atoms with Gasteiger partial charge in [-0.3, -0.25) is 14.7 Å². The van der Waals surface area contributed by atoms with Gasteiger partial charge in [0, 0.05) is 30.6 Å². The lowest BCUT2D eigenvalue weighted by Crippen LogP contribution is -2.41. The van der Waals surface area contributed by atoms with Crippen molar-refractivity contribution >= 4 is 11.9 Å². The molecule has 0 saturated heterocycles. The summed E-state index contributed by atoms with van der Waals surface area (Å²) in [6, 6.07) is 13.4. The number of aliphatic imine (C=N–C) groups is 1. The first-order valence-electron chi connectivity index (χ1n) is 9.97. The number of nitrogens with zero attached hydrogens (tertiary/aromatic N) is 3. The minimum Gasteiger partial charge on any atom is -0.369 e. The lowest BCUT2D eigenvalue weighted by molar-refractivity contribution is -0.137. The Kier molecular flexibility index (Phi) is 5.42. The van der Waals surface area contributed by atoms with Crippen LogP contribution < -0.4 is 5.73 Å². The van der Waals surface area contributed by atoms with E-state index in [2.05, 4.69) is 21.8 Å². The molecule has 1 aliphatic heterocycles. The number of halogens is 3. The van der Waals surface area contributed by atoms with Gasteiger partial charge in [0.25, 0.3) is 5.91 Å². The van der Waals surface area contributed by atoms with E-state index < -0.39 is 23.2 Å². The summed E-state index contributed by atoms with van der Waals surface area (Å²) in [5.41, 5.74) is 6.57. The molecule has 5 nitrogen and oxygen atoms in total. The molecule has 166 valence electrons. The van der Waals surface area contributed by atoms with Crippen molar-refractivity contribution in [2.45, 2.75) is 18.6 Å². The van der Waals surface area contributed by atoms with Crippen molar-refractivity contribution in [3.8, 4) is 23.0 Å². The standard InChI is InChI=1S/C25H19F3N4O/c1-3-5-16-12-18(15-30-14-16)17-6-4-7-21(13-17)24(22(33)32(2)23(29)31-24)19-8-10-20(11-9-19)25(26,27)28/h4,6-15H,1-2H3,(H2,29,31). The summed E-state index contributed by atoms with van der Waals surface area (Å²) in [5.74, 6) is 5.30. The lowest BCUT2D eigenvalue weighted by atomic mass is 9.81. The second-order valence-corrected chi connectivity index (χ2v) is 7.54. The molecule has 0 saturated carbocycles. The summed E-state index contributed by atoms with van der Waals surface area (Å²) in [5, 5.41) is 0. The van der Waals surface area contributed by atoms with Crippen LogP contribution >= 0.6 is 0 Å². The van der Waals surface area contributed by atoms with E-state index >= 15 is 0 Å². The second-order valence-electron chi connectivity index (χ2n) is 7.54. The highest BCUT2D eigenvalue weighted by Crippen LogP contribution is 2.41. The number of likely N-dealkylation sites (N-methyl/N-ethyl adjacent to an activating group) is 1. The Morgan fingerprint density at radius 1 is 1.00 bits per heavy atom. The maximum absolute atomic E-state index is 13.4. The highest BCUT2D eigenvalue weighted by molar-refractivity contribution is 6.09. The van der Waals surface area contributed by atoms with Crippen molar-refractivity contribution in [1.82, 2.24) is 9.88 Å². The average molecular weight is 448 g/mol. The Balaban J connectivity index is 1.89. The summed E-state index contributed by atoms with van der Waals surface area (Å²) in [6.45, 7) is 1.73. The molecule has 2 N–H and O–H groups in total. The van der Waals surface area contributed by atoms with Gasteiger partial charge in [0.2, 0.25) is 0 Å². The van der Waals surface area contributed by atoms with Crippen LogP contribution in [-0.4, -0.2) is 28.8 Å². The van der Waals surface area contributed by atoms with Gasteiger partial charge in [0.1, 0.15) is 0 Å². The minimum atomic E-state index is -4.50. The number of guanidine groups is 1. The van der Waals surface area contributed by atoms with Crippen LogP contribution in [0.5, 0.6) is 0 Å². The molecule has 3 aromatic rings. The third-order valence-electron chi connectivity index (χ3n) is 5.49. The van der Waals surface area contributed by atoms with Gasteiger partial charge in [-0.15, -0.1) is 5.92 Å². The molecular formula is C25H19F3N4O. The van der Waals surface area contributed by atoms with E-state index in [-0.39, 0.29) is 11.5 Å². The Bertz CT molecular complexity index is 1320. The minimum absolute atomic E-state index is 0.0211. The number of carbonyl (C=O) groups is 1. The molecule has 1 atom stereocenters. The number of pyridine rings is 1. The number of carbonyl (C=O) groups excluding carboxylic acids is 1. The van der Waals surface area contributed by atoms with E-state index in [1.54, 1.807) is 37.5 Å². The zero-order valence-electron chi connectivity index (χ0n) is 17.8. The topological polar surface area (TPSA) is 71.6 Å². The van der Waals surface area contributed by atoms with Crippen LogP contribution in [0.3, 0.4) is 0 Å². The molecule has 1 amide bonds. The van der Waals surface area contributed by atoms with Gasteiger partial charge in [0.05, 0.1) is 5.56 Å². The van der Waals surface area contributed by atoms with Crippen molar-refractivity contribution in [1.29, 1.82) is 0 Å². The normalized spacial score (nSPS) is 18.0. The van der Waals surface area contributed by atoms with Crippen LogP contribution in [0.25, 0.3) is 11.1 Å². The zero-order valence-corrected chi connectivity index (χ0v) is 17.8. The van der Waals surface area contributed by atoms with Crippen molar-refractivity contribution in [2.24, 2.45) is 10.7 Å². The van der Waals surface area contributed by atoms with Crippen LogP contribution in [0.15, 0.2) is 72.0 Å². The molecule has 1 aromatic heterocycles. The van der Waals surface area contributed by atoms with Crippen molar-refractivity contribution in [3.05, 3.63) is 89.2 Å². The van der Waals surface area contributed by atoms with Crippen molar-refractivity contribution < 1.29 is 18.0 Å². The number of aromatic nitrogens is 1. The van der Waals surface area contributed by atoms with E-state index in [9.17, 15) is 18.0 Å². The highest BCUT2D eigenvalue weighted by Gasteiger charge is 2.49. The van der Waals surface area contributed by atoms with E-state index in [4.69, 9.17) is 5.73 Å². The van der Waals surface area contributed by atoms with Crippen LogP contribution in [0.1, 0.15) is 29.2 Å². The molecule has 0 bridgehead atoms. The van der Waals surface area contributed by atoms with Gasteiger partial charge in [-0.25, -0.2) is 4.99 Å². The quantitative estimate of drug-likeness (QED) is 0.612. The predicted octanol–water partition coefficient (Wildman–Crippen LogP) is 4.17. The summed E-state index contributed by atoms with van der Waals surface area (Å²) in [4.78, 5) is 23.3. The molecule has 1 unspecified atom stereocenters. The van der Waals surface area contributed by atoms with Crippen LogP contribution in [0, 0.1) is 11.8 Å². The molecule has 0 aliphatic carbocycles. The number of amides is 1. The summed E-state index contributed by atoms with van der Waals surface area (Å²) in [6.07, 6.45) is -1.18. The first-order chi connectivity index (χ1) is 15.7. The summed E-state index contributed by atoms with van der Waals surface area (Å²) in [7, 11) is 1.48. The van der Waals surface area contributed by atoms with Crippen molar-refractivity contribution in [2.75, 3.05) is 7.05 Å². The van der Waals surface area contributed by atoms with Gasteiger partial charge < -0.3 is 5.73 Å². The van der Waals surface area contributed by atoms with Crippen molar-refractivity contribution in [3.63, 3.8) is 0 Å². The Morgan fingerprint density at radius 3 is 2.33 bits per heavy atom. The average Bonchev–Trinajstić information content (AvgIpc) is 3.04. The molecule has 2 heterocycles. The molecule has 2 aromatic carbocycles. The second kappa shape index (κ2) is 8.10. The highest BCUT2D eigenvalue weighted by atomic mass is 19.4. The number of nitrogens with two attached hydrogens (primary N) is 1. The lowest BCUT2D eigenvalue weighted by Gasteiger charge is -2.27. The smallest absolute Gasteiger partial charge is 0.369 e. The molecule has 0 fully saturated rings. The van der Waals surface area contributed by atoms with Gasteiger partial charge in [0.15, 0.2) is 11.5 Å². The Labute approximate surface area is 188 Å². The molecule has 1 aliphatic rings. The molecule has 8 heteroatoms. The zero-order chi connectivity index (χ0) is 23.8. The summed E-state index contributed by atoms with van der Waals surface area (Å²) >= 11 is 0. The Morgan fingerprint density at radius 2 is 1.73 bits per heavy atom. The summed E-state index contributed by atoms with van der Waals surface area (Å²) < 4.78 is 39.3. The van der Waals surface area contributed by atoms with E-state index in [0.29, 0.717) is 5.56 Å². The largest absolute Gasteiger partial charge is 0.416 e. The Hall–Kier alpha value is -4.12. The van der Waals surface area contributed by atoms with Crippen LogP contribution in [-0.2, 0) is 16.5 Å². The third kappa shape index (κ3) is 3.82. The van der Waals surface area contributed by atoms with Crippen LogP contribution in [0.4, 0.5) is 13.2 Å². The van der Waals surface area contributed by atoms with E-state index in [1.165, 1.54) is 24.1 Å². The van der Waals surface area contributed by atoms with Crippen LogP contribution in [0.2, 0.25) is 0 Å². The SMILES string of the molecule is CC#Cc1cncc(-c2cccc(C3(c4ccc(C(F)(F)F)cc4)N=C(N)N(C)C3=O)c2)c1. The maximum Gasteiger partial charge on any atom is 0.416 e. The fourth-order valence-corrected chi connectivity index (χ4v) is 3.82. The molecule has 4 rings (SSSR count). The maximum atomic E-state index is 13.4. The number of benzene rings is 2. The van der Waals surface area contributed by atoms with Gasteiger partial charge in [-0.2, -0.15) is 13.2 Å². The molecule has 0 spiro atoms. The third-order valence-corrected chi connectivity index (χ3v) is 5.49. The van der Waals surface area contributed by atoms with Gasteiger partial charge in [-0.1, -0.05) is 36.3 Å². The first-order valence-corrected chi connectivity index (χ1v) is 9.97. The van der Waals surface area contributed by atoms with Gasteiger partial charge >= 0.3 is 6.18 Å².